The molecule has 1 heteroatoms. The highest BCUT2D eigenvalue weighted by Crippen LogP contribution is 2.10. The standard InChI is InChI=1S/C16H30O/c1-5-7-9-11-13-15(3)17-16(4)14-12-10-8-6-2/h13-14H,5-12H2,1-4H3. The second kappa shape index (κ2) is 11.8. The van der Waals surface area contributed by atoms with Gasteiger partial charge in [0.15, 0.2) is 0 Å². The summed E-state index contributed by atoms with van der Waals surface area (Å²) in [5.41, 5.74) is 0. The van der Waals surface area contributed by atoms with E-state index in [0.29, 0.717) is 0 Å². The molecule has 0 aliphatic carbocycles. The minimum absolute atomic E-state index is 1.05. The minimum atomic E-state index is 1.05. The van der Waals surface area contributed by atoms with E-state index in [1.807, 2.05) is 0 Å². The van der Waals surface area contributed by atoms with Gasteiger partial charge in [0.25, 0.3) is 0 Å². The molecule has 0 unspecified atom stereocenters. The van der Waals surface area contributed by atoms with Gasteiger partial charge in [0.05, 0.1) is 11.5 Å². The van der Waals surface area contributed by atoms with Crippen LogP contribution in [0.25, 0.3) is 0 Å². The van der Waals surface area contributed by atoms with E-state index in [2.05, 4.69) is 39.8 Å². The number of allylic oxidation sites excluding steroid dienone is 4. The van der Waals surface area contributed by atoms with Crippen LogP contribution >= 0.6 is 0 Å². The first-order valence-electron chi connectivity index (χ1n) is 7.22. The summed E-state index contributed by atoms with van der Waals surface area (Å²) < 4.78 is 5.73. The van der Waals surface area contributed by atoms with Gasteiger partial charge in [0, 0.05) is 0 Å². The van der Waals surface area contributed by atoms with Gasteiger partial charge in [-0.05, 0) is 51.7 Å². The lowest BCUT2D eigenvalue weighted by Crippen LogP contribution is -1.87. The van der Waals surface area contributed by atoms with Crippen LogP contribution in [0.15, 0.2) is 23.7 Å². The van der Waals surface area contributed by atoms with E-state index in [1.54, 1.807) is 0 Å². The highest BCUT2D eigenvalue weighted by molar-refractivity contribution is 4.97. The van der Waals surface area contributed by atoms with E-state index in [4.69, 9.17) is 4.74 Å². The maximum Gasteiger partial charge on any atom is 0.0965 e. The zero-order valence-electron chi connectivity index (χ0n) is 12.2. The fourth-order valence-electron chi connectivity index (χ4n) is 1.74. The predicted molar refractivity (Wildman–Crippen MR) is 76.9 cm³/mol. The van der Waals surface area contributed by atoms with E-state index in [0.717, 1.165) is 24.4 Å². The van der Waals surface area contributed by atoms with E-state index >= 15 is 0 Å². The molecule has 0 saturated heterocycles. The smallest absolute Gasteiger partial charge is 0.0965 e. The van der Waals surface area contributed by atoms with Crippen molar-refractivity contribution in [2.75, 3.05) is 0 Å². The summed E-state index contributed by atoms with van der Waals surface area (Å²) in [4.78, 5) is 0. The van der Waals surface area contributed by atoms with Gasteiger partial charge in [0.1, 0.15) is 0 Å². The SMILES string of the molecule is CCCCCC=C(C)OC(C)=CCCCCC. The van der Waals surface area contributed by atoms with Crippen LogP contribution in [0.3, 0.4) is 0 Å². The van der Waals surface area contributed by atoms with Crippen LogP contribution in [0, 0.1) is 0 Å². The summed E-state index contributed by atoms with van der Waals surface area (Å²) in [5.74, 6) is 2.09. The van der Waals surface area contributed by atoms with E-state index < -0.39 is 0 Å². The molecule has 0 aromatic carbocycles. The Morgan fingerprint density at radius 2 is 1.18 bits per heavy atom. The first-order valence-corrected chi connectivity index (χ1v) is 7.22. The molecule has 0 fully saturated rings. The van der Waals surface area contributed by atoms with Crippen molar-refractivity contribution in [1.82, 2.24) is 0 Å². The van der Waals surface area contributed by atoms with Crippen molar-refractivity contribution in [2.24, 2.45) is 0 Å². The Bertz CT molecular complexity index is 202. The van der Waals surface area contributed by atoms with Crippen LogP contribution in [-0.2, 0) is 4.74 Å². The van der Waals surface area contributed by atoms with Crippen molar-refractivity contribution in [3.63, 3.8) is 0 Å². The molecular weight excluding hydrogens is 208 g/mol. The lowest BCUT2D eigenvalue weighted by Gasteiger charge is -2.06. The minimum Gasteiger partial charge on any atom is -0.467 e. The zero-order chi connectivity index (χ0) is 12.9. The number of unbranched alkanes of at least 4 members (excludes halogenated alkanes) is 6. The van der Waals surface area contributed by atoms with E-state index in [9.17, 15) is 0 Å². The maximum atomic E-state index is 5.73. The third-order valence-corrected chi connectivity index (χ3v) is 2.80. The van der Waals surface area contributed by atoms with Crippen molar-refractivity contribution in [2.45, 2.75) is 79.1 Å². The van der Waals surface area contributed by atoms with Crippen LogP contribution < -0.4 is 0 Å². The van der Waals surface area contributed by atoms with Crippen LogP contribution in [0.5, 0.6) is 0 Å². The van der Waals surface area contributed by atoms with Crippen molar-refractivity contribution in [1.29, 1.82) is 0 Å². The summed E-state index contributed by atoms with van der Waals surface area (Å²) >= 11 is 0. The first-order chi connectivity index (χ1) is 8.20. The fraction of sp³-hybridized carbons (Fsp3) is 0.750. The number of hydrogen-bond acceptors (Lipinski definition) is 1. The molecule has 1 nitrogen and oxygen atoms in total. The lowest BCUT2D eigenvalue weighted by atomic mass is 10.2. The Morgan fingerprint density at radius 3 is 1.53 bits per heavy atom. The molecule has 0 bridgehead atoms. The zero-order valence-corrected chi connectivity index (χ0v) is 12.2. The monoisotopic (exact) mass is 238 g/mol. The summed E-state index contributed by atoms with van der Waals surface area (Å²) in [6.07, 6.45) is 14.4. The number of rotatable bonds is 10. The third-order valence-electron chi connectivity index (χ3n) is 2.80. The second-order valence-corrected chi connectivity index (χ2v) is 4.72. The van der Waals surface area contributed by atoms with Crippen LogP contribution in [0.4, 0.5) is 0 Å². The van der Waals surface area contributed by atoms with Crippen molar-refractivity contribution in [3.8, 4) is 0 Å². The molecule has 0 aliphatic heterocycles. The Morgan fingerprint density at radius 1 is 0.765 bits per heavy atom. The molecule has 0 radical (unpaired) electrons. The quantitative estimate of drug-likeness (QED) is 0.336. The maximum absolute atomic E-state index is 5.73. The molecule has 0 rings (SSSR count). The van der Waals surface area contributed by atoms with Gasteiger partial charge in [0.2, 0.25) is 0 Å². The summed E-state index contributed by atoms with van der Waals surface area (Å²) in [7, 11) is 0. The van der Waals surface area contributed by atoms with Crippen molar-refractivity contribution >= 4 is 0 Å². The van der Waals surface area contributed by atoms with Crippen molar-refractivity contribution in [3.05, 3.63) is 23.7 Å². The Balaban J connectivity index is 3.73. The largest absolute Gasteiger partial charge is 0.467 e. The van der Waals surface area contributed by atoms with E-state index in [-0.39, 0.29) is 0 Å². The average Bonchev–Trinajstić information content (AvgIpc) is 2.30. The van der Waals surface area contributed by atoms with Gasteiger partial charge in [-0.3, -0.25) is 0 Å². The highest BCUT2D eigenvalue weighted by Gasteiger charge is 1.93. The van der Waals surface area contributed by atoms with Gasteiger partial charge in [-0.2, -0.15) is 0 Å². The molecule has 0 spiro atoms. The second-order valence-electron chi connectivity index (χ2n) is 4.72. The molecule has 0 N–H and O–H groups in total. The van der Waals surface area contributed by atoms with Gasteiger partial charge < -0.3 is 4.74 Å². The number of ether oxygens (including phenoxy) is 1. The molecule has 17 heavy (non-hydrogen) atoms. The molecule has 0 aromatic rings. The van der Waals surface area contributed by atoms with Crippen LogP contribution in [0.2, 0.25) is 0 Å². The summed E-state index contributed by atoms with van der Waals surface area (Å²) in [6.45, 7) is 8.57. The Kier molecular flexibility index (Phi) is 11.3. The van der Waals surface area contributed by atoms with Crippen LogP contribution in [-0.4, -0.2) is 0 Å². The topological polar surface area (TPSA) is 9.23 Å². The first kappa shape index (κ1) is 16.3. The third kappa shape index (κ3) is 11.5. The van der Waals surface area contributed by atoms with E-state index in [1.165, 1.54) is 38.5 Å². The van der Waals surface area contributed by atoms with Crippen molar-refractivity contribution < 1.29 is 4.74 Å². The molecular formula is C16H30O. The van der Waals surface area contributed by atoms with Gasteiger partial charge in [-0.25, -0.2) is 0 Å². The summed E-state index contributed by atoms with van der Waals surface area (Å²) in [5, 5.41) is 0. The molecule has 0 atom stereocenters. The normalized spacial score (nSPS) is 12.9. The predicted octanol–water partition coefficient (Wildman–Crippen LogP) is 5.97. The molecule has 0 heterocycles. The fourth-order valence-corrected chi connectivity index (χ4v) is 1.74. The highest BCUT2D eigenvalue weighted by atomic mass is 16.5. The molecule has 0 aliphatic rings. The molecule has 100 valence electrons. The Hall–Kier alpha value is -0.720. The molecule has 0 saturated carbocycles. The van der Waals surface area contributed by atoms with Crippen LogP contribution in [0.1, 0.15) is 79.1 Å². The lowest BCUT2D eigenvalue weighted by molar-refractivity contribution is 0.305. The average molecular weight is 238 g/mol. The molecule has 0 amide bonds. The summed E-state index contributed by atoms with van der Waals surface area (Å²) in [6, 6.07) is 0. The van der Waals surface area contributed by atoms with Gasteiger partial charge >= 0.3 is 0 Å². The Labute approximate surface area is 108 Å². The number of hydrogen-bond donors (Lipinski definition) is 0. The van der Waals surface area contributed by atoms with Gasteiger partial charge in [-0.1, -0.05) is 39.5 Å². The van der Waals surface area contributed by atoms with Gasteiger partial charge in [-0.15, -0.1) is 0 Å². The molecule has 0 aromatic heterocycles.